The number of aryl methyl sites for hydroxylation is 1. The van der Waals surface area contributed by atoms with Crippen molar-refractivity contribution in [3.63, 3.8) is 0 Å². The van der Waals surface area contributed by atoms with E-state index in [1.165, 1.54) is 11.3 Å². The van der Waals surface area contributed by atoms with Crippen molar-refractivity contribution < 1.29 is 5.21 Å². The van der Waals surface area contributed by atoms with Gasteiger partial charge < -0.3 is 5.21 Å². The molecule has 2 nitrogen and oxygen atoms in total. The van der Waals surface area contributed by atoms with Crippen LogP contribution in [0.15, 0.2) is 29.4 Å². The van der Waals surface area contributed by atoms with E-state index in [4.69, 9.17) is 16.8 Å². The molecule has 0 amide bonds. The molecule has 14 heavy (non-hydrogen) atoms. The molecule has 1 aromatic carbocycles. The second kappa shape index (κ2) is 3.59. The molecule has 0 fully saturated rings. The number of benzene rings is 1. The molecular weight excluding hydrogens is 218 g/mol. The third-order valence-electron chi connectivity index (χ3n) is 2.12. The Hall–Kier alpha value is -1.06. The molecule has 0 spiro atoms. The van der Waals surface area contributed by atoms with Crippen LogP contribution < -0.4 is 0 Å². The lowest BCUT2D eigenvalue weighted by Crippen LogP contribution is -1.88. The van der Waals surface area contributed by atoms with Crippen molar-refractivity contribution in [1.29, 1.82) is 0 Å². The second-order valence-electron chi connectivity index (χ2n) is 2.94. The Balaban J connectivity index is 2.75. The summed E-state index contributed by atoms with van der Waals surface area (Å²) in [6.45, 7) is 1.97. The Morgan fingerprint density at radius 2 is 2.14 bits per heavy atom. The van der Waals surface area contributed by atoms with E-state index >= 15 is 0 Å². The molecule has 0 aliphatic carbocycles. The van der Waals surface area contributed by atoms with Crippen LogP contribution in [0, 0.1) is 6.92 Å². The van der Waals surface area contributed by atoms with Gasteiger partial charge in [-0.1, -0.05) is 35.0 Å². The first kappa shape index (κ1) is 9.49. The zero-order chi connectivity index (χ0) is 10.1. The van der Waals surface area contributed by atoms with Crippen LogP contribution in [0.4, 0.5) is 0 Å². The summed E-state index contributed by atoms with van der Waals surface area (Å²) in [5, 5.41) is 12.9. The molecule has 0 saturated carbocycles. The molecule has 1 heterocycles. The fourth-order valence-corrected chi connectivity index (χ4v) is 2.76. The van der Waals surface area contributed by atoms with E-state index in [0.717, 1.165) is 20.5 Å². The lowest BCUT2D eigenvalue weighted by atomic mass is 10.1. The third-order valence-corrected chi connectivity index (χ3v) is 3.78. The maximum Gasteiger partial charge on any atom is 0.185 e. The first-order chi connectivity index (χ1) is 6.74. The van der Waals surface area contributed by atoms with Gasteiger partial charge in [0.1, 0.15) is 0 Å². The highest BCUT2D eigenvalue weighted by Gasteiger charge is 2.11. The van der Waals surface area contributed by atoms with Crippen LogP contribution in [-0.2, 0) is 0 Å². The van der Waals surface area contributed by atoms with Gasteiger partial charge >= 0.3 is 0 Å². The van der Waals surface area contributed by atoms with E-state index in [-0.39, 0.29) is 5.17 Å². The lowest BCUT2D eigenvalue weighted by Gasteiger charge is -1.92. The molecule has 1 N–H and O–H groups in total. The Morgan fingerprint density at radius 1 is 1.43 bits per heavy atom. The van der Waals surface area contributed by atoms with Crippen LogP contribution in [0.5, 0.6) is 0 Å². The van der Waals surface area contributed by atoms with E-state index in [1.54, 1.807) is 0 Å². The van der Waals surface area contributed by atoms with Crippen LogP contribution in [0.3, 0.4) is 0 Å². The number of oxime groups is 1. The van der Waals surface area contributed by atoms with E-state index in [9.17, 15) is 0 Å². The quantitative estimate of drug-likeness (QED) is 0.449. The maximum atomic E-state index is 8.60. The summed E-state index contributed by atoms with van der Waals surface area (Å²) < 4.78 is 1.15. The van der Waals surface area contributed by atoms with Crippen molar-refractivity contribution in [2.75, 3.05) is 0 Å². The van der Waals surface area contributed by atoms with Crippen molar-refractivity contribution in [3.8, 4) is 0 Å². The Labute approximate surface area is 90.4 Å². The van der Waals surface area contributed by atoms with Gasteiger partial charge in [-0.25, -0.2) is 0 Å². The number of hydrogen-bond acceptors (Lipinski definition) is 3. The maximum absolute atomic E-state index is 8.60. The van der Waals surface area contributed by atoms with Crippen molar-refractivity contribution in [3.05, 3.63) is 34.7 Å². The predicted molar refractivity (Wildman–Crippen MR) is 60.7 cm³/mol. The van der Waals surface area contributed by atoms with Crippen LogP contribution in [-0.4, -0.2) is 10.4 Å². The van der Waals surface area contributed by atoms with Crippen molar-refractivity contribution in [1.82, 2.24) is 0 Å². The average molecular weight is 226 g/mol. The van der Waals surface area contributed by atoms with Gasteiger partial charge in [-0.2, -0.15) is 0 Å². The summed E-state index contributed by atoms with van der Waals surface area (Å²) in [4.78, 5) is 0.829. The van der Waals surface area contributed by atoms with Gasteiger partial charge in [0.25, 0.3) is 0 Å². The van der Waals surface area contributed by atoms with Gasteiger partial charge in [-0.15, -0.1) is 11.3 Å². The van der Waals surface area contributed by atoms with Crippen LogP contribution in [0.2, 0.25) is 0 Å². The zero-order valence-electron chi connectivity index (χ0n) is 7.49. The molecule has 0 unspecified atom stereocenters. The number of thiophene rings is 1. The first-order valence-corrected chi connectivity index (χ1v) is 5.29. The van der Waals surface area contributed by atoms with Crippen LogP contribution in [0.25, 0.3) is 10.1 Å². The standard InChI is InChI=1S/C10H8ClNOS/c1-6-7-4-2-3-5-8(7)14-9(6)10(11)12-13/h2-5,13H,1H3/b12-10-. The molecule has 0 radical (unpaired) electrons. The predicted octanol–water partition coefficient (Wildman–Crippen LogP) is 3.58. The fourth-order valence-electron chi connectivity index (χ4n) is 1.42. The summed E-state index contributed by atoms with van der Waals surface area (Å²) in [7, 11) is 0. The lowest BCUT2D eigenvalue weighted by molar-refractivity contribution is 0.321. The van der Waals surface area contributed by atoms with E-state index in [0.29, 0.717) is 0 Å². The van der Waals surface area contributed by atoms with Gasteiger partial charge in [0.2, 0.25) is 0 Å². The Morgan fingerprint density at radius 3 is 2.79 bits per heavy atom. The highest BCUT2D eigenvalue weighted by Crippen LogP contribution is 2.31. The summed E-state index contributed by atoms with van der Waals surface area (Å²) in [5.74, 6) is 0. The number of halogens is 1. The Bertz CT molecular complexity index is 504. The number of nitrogens with zero attached hydrogens (tertiary/aromatic N) is 1. The molecule has 2 aromatic rings. The molecule has 2 rings (SSSR count). The molecular formula is C10H8ClNOS. The number of fused-ring (bicyclic) bond motifs is 1. The van der Waals surface area contributed by atoms with Gasteiger partial charge in [-0.3, -0.25) is 0 Å². The number of rotatable bonds is 1. The van der Waals surface area contributed by atoms with Gasteiger partial charge in [0.15, 0.2) is 5.17 Å². The average Bonchev–Trinajstić information content (AvgIpc) is 2.56. The smallest absolute Gasteiger partial charge is 0.185 e. The molecule has 0 saturated heterocycles. The summed E-state index contributed by atoms with van der Waals surface area (Å²) in [5.41, 5.74) is 1.06. The van der Waals surface area contributed by atoms with E-state index in [1.807, 2.05) is 31.2 Å². The Kier molecular flexibility index (Phi) is 2.44. The molecule has 4 heteroatoms. The third kappa shape index (κ3) is 1.38. The van der Waals surface area contributed by atoms with Crippen molar-refractivity contribution in [2.45, 2.75) is 6.92 Å². The summed E-state index contributed by atoms with van der Waals surface area (Å²) in [6.07, 6.45) is 0. The SMILES string of the molecule is Cc1c(/C(Cl)=N/O)sc2ccccc12. The normalized spacial score (nSPS) is 12.3. The molecule has 0 atom stereocenters. The minimum Gasteiger partial charge on any atom is -0.410 e. The van der Waals surface area contributed by atoms with Gasteiger partial charge in [0, 0.05) is 4.70 Å². The number of hydrogen-bond donors (Lipinski definition) is 1. The van der Waals surface area contributed by atoms with Crippen molar-refractivity contribution >= 4 is 38.2 Å². The molecule has 0 aliphatic rings. The van der Waals surface area contributed by atoms with E-state index in [2.05, 4.69) is 5.16 Å². The minimum absolute atomic E-state index is 0.156. The van der Waals surface area contributed by atoms with Gasteiger partial charge in [-0.05, 0) is 23.9 Å². The minimum atomic E-state index is 0.156. The highest BCUT2D eigenvalue weighted by atomic mass is 35.5. The first-order valence-electron chi connectivity index (χ1n) is 4.10. The van der Waals surface area contributed by atoms with Gasteiger partial charge in [0.05, 0.1) is 4.88 Å². The van der Waals surface area contributed by atoms with E-state index < -0.39 is 0 Å². The summed E-state index contributed by atoms with van der Waals surface area (Å²) >= 11 is 7.31. The fraction of sp³-hybridized carbons (Fsp3) is 0.100. The molecule has 0 bridgehead atoms. The largest absolute Gasteiger partial charge is 0.410 e. The molecule has 1 aromatic heterocycles. The van der Waals surface area contributed by atoms with Crippen LogP contribution >= 0.6 is 22.9 Å². The molecule has 0 aliphatic heterocycles. The zero-order valence-corrected chi connectivity index (χ0v) is 9.06. The monoisotopic (exact) mass is 225 g/mol. The summed E-state index contributed by atoms with van der Waals surface area (Å²) in [6, 6.07) is 8.02. The van der Waals surface area contributed by atoms with Crippen molar-refractivity contribution in [2.24, 2.45) is 5.16 Å². The highest BCUT2D eigenvalue weighted by molar-refractivity contribution is 7.22. The second-order valence-corrected chi connectivity index (χ2v) is 4.35. The topological polar surface area (TPSA) is 32.6 Å². The molecule has 72 valence electrons. The van der Waals surface area contributed by atoms with Crippen LogP contribution in [0.1, 0.15) is 10.4 Å².